The zero-order valence-corrected chi connectivity index (χ0v) is 10.7. The van der Waals surface area contributed by atoms with Crippen LogP contribution in [0.2, 0.25) is 10.2 Å². The quantitative estimate of drug-likeness (QED) is 0.857. The van der Waals surface area contributed by atoms with Gasteiger partial charge in [-0.25, -0.2) is 9.36 Å². The number of methoxy groups -OCH3 is 1. The first-order chi connectivity index (χ1) is 8.52. The number of H-pyrrole nitrogens is 1. The van der Waals surface area contributed by atoms with Crippen LogP contribution in [0, 0.1) is 0 Å². The van der Waals surface area contributed by atoms with Crippen molar-refractivity contribution in [3.63, 3.8) is 0 Å². The Labute approximate surface area is 112 Å². The van der Waals surface area contributed by atoms with Crippen LogP contribution in [0.5, 0.6) is 5.75 Å². The fourth-order valence-corrected chi connectivity index (χ4v) is 1.86. The Bertz CT molecular complexity index is 675. The molecule has 7 heteroatoms. The fourth-order valence-electron chi connectivity index (χ4n) is 1.49. The molecule has 0 saturated heterocycles. The highest BCUT2D eigenvalue weighted by atomic mass is 35.5. The maximum absolute atomic E-state index is 11.8. The summed E-state index contributed by atoms with van der Waals surface area (Å²) in [6, 6.07) is 5.75. The summed E-state index contributed by atoms with van der Waals surface area (Å²) in [7, 11) is 1.47. The predicted octanol–water partition coefficient (Wildman–Crippen LogP) is 1.84. The van der Waals surface area contributed by atoms with Crippen molar-refractivity contribution < 1.29 is 4.74 Å². The van der Waals surface area contributed by atoms with Gasteiger partial charge in [0.25, 0.3) is 5.56 Å². The number of ether oxygens (including phenoxy) is 1. The molecule has 0 spiro atoms. The van der Waals surface area contributed by atoms with E-state index in [1.54, 1.807) is 6.07 Å². The second-order valence-electron chi connectivity index (χ2n) is 3.41. The second-order valence-corrected chi connectivity index (χ2v) is 4.23. The molecule has 0 atom stereocenters. The van der Waals surface area contributed by atoms with E-state index >= 15 is 0 Å². The SMILES string of the molecule is COc1ccc(Cl)c(-n2c(=O)cc(Cl)[nH]c2=O)c1. The minimum atomic E-state index is -0.664. The summed E-state index contributed by atoms with van der Waals surface area (Å²) >= 11 is 11.6. The normalized spacial score (nSPS) is 10.4. The van der Waals surface area contributed by atoms with Gasteiger partial charge in [-0.05, 0) is 12.1 Å². The maximum Gasteiger partial charge on any atom is 0.334 e. The van der Waals surface area contributed by atoms with E-state index in [9.17, 15) is 9.59 Å². The predicted molar refractivity (Wildman–Crippen MR) is 69.2 cm³/mol. The van der Waals surface area contributed by atoms with Crippen molar-refractivity contribution in [2.24, 2.45) is 0 Å². The third kappa shape index (κ3) is 2.27. The lowest BCUT2D eigenvalue weighted by Crippen LogP contribution is -2.33. The van der Waals surface area contributed by atoms with Gasteiger partial charge in [-0.3, -0.25) is 9.78 Å². The van der Waals surface area contributed by atoms with E-state index in [1.165, 1.54) is 19.2 Å². The minimum absolute atomic E-state index is 0.0275. The van der Waals surface area contributed by atoms with Crippen LogP contribution in [0.4, 0.5) is 0 Å². The average Bonchev–Trinajstić information content (AvgIpc) is 2.30. The Hall–Kier alpha value is -1.72. The molecule has 0 aliphatic carbocycles. The van der Waals surface area contributed by atoms with Crippen molar-refractivity contribution in [2.75, 3.05) is 7.11 Å². The van der Waals surface area contributed by atoms with Crippen molar-refractivity contribution in [3.05, 3.63) is 55.3 Å². The molecule has 1 aromatic carbocycles. The van der Waals surface area contributed by atoms with Crippen LogP contribution < -0.4 is 16.0 Å². The van der Waals surface area contributed by atoms with Crippen molar-refractivity contribution in [1.29, 1.82) is 0 Å². The number of hydrogen-bond acceptors (Lipinski definition) is 3. The molecular weight excluding hydrogens is 279 g/mol. The molecule has 0 amide bonds. The minimum Gasteiger partial charge on any atom is -0.497 e. The third-order valence-electron chi connectivity index (χ3n) is 2.29. The summed E-state index contributed by atoms with van der Waals surface area (Å²) < 4.78 is 5.91. The van der Waals surface area contributed by atoms with Crippen LogP contribution in [0.25, 0.3) is 5.69 Å². The van der Waals surface area contributed by atoms with Gasteiger partial charge < -0.3 is 4.74 Å². The Morgan fingerprint density at radius 3 is 2.56 bits per heavy atom. The molecule has 0 saturated carbocycles. The average molecular weight is 287 g/mol. The standard InChI is InChI=1S/C11H8Cl2N2O3/c1-18-6-2-3-7(12)8(4-6)15-10(16)5-9(13)14-11(15)17/h2-5H,1H3,(H,14,17). The van der Waals surface area contributed by atoms with E-state index in [1.807, 2.05) is 0 Å². The third-order valence-corrected chi connectivity index (χ3v) is 2.82. The van der Waals surface area contributed by atoms with Crippen LogP contribution in [0.15, 0.2) is 33.9 Å². The van der Waals surface area contributed by atoms with Crippen molar-refractivity contribution >= 4 is 23.2 Å². The van der Waals surface area contributed by atoms with Crippen LogP contribution in [-0.2, 0) is 0 Å². The Morgan fingerprint density at radius 2 is 1.94 bits per heavy atom. The Morgan fingerprint density at radius 1 is 1.22 bits per heavy atom. The molecule has 0 radical (unpaired) electrons. The van der Waals surface area contributed by atoms with E-state index in [0.717, 1.165) is 10.6 Å². The highest BCUT2D eigenvalue weighted by Gasteiger charge is 2.10. The molecule has 0 fully saturated rings. The lowest BCUT2D eigenvalue weighted by molar-refractivity contribution is 0.414. The molecule has 0 aliphatic rings. The van der Waals surface area contributed by atoms with Crippen LogP contribution in [0.1, 0.15) is 0 Å². The first-order valence-corrected chi connectivity index (χ1v) is 5.64. The monoisotopic (exact) mass is 286 g/mol. The molecule has 18 heavy (non-hydrogen) atoms. The van der Waals surface area contributed by atoms with Gasteiger partial charge in [0.2, 0.25) is 0 Å². The molecule has 0 bridgehead atoms. The second kappa shape index (κ2) is 4.88. The summed E-state index contributed by atoms with van der Waals surface area (Å²) in [5.74, 6) is 0.482. The number of hydrogen-bond donors (Lipinski definition) is 1. The van der Waals surface area contributed by atoms with Gasteiger partial charge in [0.05, 0.1) is 17.8 Å². The topological polar surface area (TPSA) is 64.1 Å². The zero-order valence-electron chi connectivity index (χ0n) is 9.24. The van der Waals surface area contributed by atoms with Crippen molar-refractivity contribution in [2.45, 2.75) is 0 Å². The molecule has 5 nitrogen and oxygen atoms in total. The maximum atomic E-state index is 11.8. The van der Waals surface area contributed by atoms with E-state index in [4.69, 9.17) is 27.9 Å². The lowest BCUT2D eigenvalue weighted by Gasteiger charge is -2.08. The molecule has 2 aromatic rings. The molecule has 94 valence electrons. The number of halogens is 2. The van der Waals surface area contributed by atoms with E-state index < -0.39 is 11.2 Å². The van der Waals surface area contributed by atoms with Gasteiger partial charge in [0, 0.05) is 12.1 Å². The van der Waals surface area contributed by atoms with Crippen LogP contribution in [-0.4, -0.2) is 16.7 Å². The molecule has 1 N–H and O–H groups in total. The highest BCUT2D eigenvalue weighted by Crippen LogP contribution is 2.23. The largest absolute Gasteiger partial charge is 0.497 e. The van der Waals surface area contributed by atoms with Crippen molar-refractivity contribution in [1.82, 2.24) is 9.55 Å². The van der Waals surface area contributed by atoms with Gasteiger partial charge in [-0.1, -0.05) is 23.2 Å². The lowest BCUT2D eigenvalue weighted by atomic mass is 10.3. The Kier molecular flexibility index (Phi) is 3.45. The highest BCUT2D eigenvalue weighted by molar-refractivity contribution is 6.32. The number of nitrogens with zero attached hydrogens (tertiary/aromatic N) is 1. The summed E-state index contributed by atoms with van der Waals surface area (Å²) in [5.41, 5.74) is -1.000. The smallest absolute Gasteiger partial charge is 0.334 e. The number of aromatic nitrogens is 2. The molecule has 0 aliphatic heterocycles. The molecular formula is C11H8Cl2N2O3. The van der Waals surface area contributed by atoms with Crippen LogP contribution >= 0.6 is 23.2 Å². The van der Waals surface area contributed by atoms with Gasteiger partial charge in [0.15, 0.2) is 0 Å². The number of benzene rings is 1. The molecule has 2 rings (SSSR count). The molecule has 1 aromatic heterocycles. The first kappa shape index (κ1) is 12.7. The molecule has 1 heterocycles. The number of nitrogens with one attached hydrogen (secondary N) is 1. The summed E-state index contributed by atoms with van der Waals surface area (Å²) in [5, 5.41) is 0.228. The van der Waals surface area contributed by atoms with Gasteiger partial charge in [-0.2, -0.15) is 0 Å². The van der Waals surface area contributed by atoms with E-state index in [2.05, 4.69) is 4.98 Å². The summed E-state index contributed by atoms with van der Waals surface area (Å²) in [6.07, 6.45) is 0. The zero-order chi connectivity index (χ0) is 13.3. The van der Waals surface area contributed by atoms with Gasteiger partial charge in [-0.15, -0.1) is 0 Å². The van der Waals surface area contributed by atoms with Gasteiger partial charge >= 0.3 is 5.69 Å². The fraction of sp³-hybridized carbons (Fsp3) is 0.0909. The summed E-state index contributed by atoms with van der Waals surface area (Å²) in [4.78, 5) is 25.8. The van der Waals surface area contributed by atoms with E-state index in [-0.39, 0.29) is 15.9 Å². The first-order valence-electron chi connectivity index (χ1n) is 4.88. The van der Waals surface area contributed by atoms with Crippen LogP contribution in [0.3, 0.4) is 0 Å². The Balaban J connectivity index is 2.77. The number of rotatable bonds is 2. The molecule has 0 unspecified atom stereocenters. The van der Waals surface area contributed by atoms with Gasteiger partial charge in [0.1, 0.15) is 10.9 Å². The van der Waals surface area contributed by atoms with Crippen molar-refractivity contribution in [3.8, 4) is 11.4 Å². The summed E-state index contributed by atoms with van der Waals surface area (Å²) in [6.45, 7) is 0. The van der Waals surface area contributed by atoms with E-state index in [0.29, 0.717) is 5.75 Å². The number of aromatic amines is 1.